The summed E-state index contributed by atoms with van der Waals surface area (Å²) in [5.74, 6) is 0.559. The molecule has 1 aliphatic rings. The van der Waals surface area contributed by atoms with Crippen molar-refractivity contribution in [1.29, 1.82) is 0 Å². The van der Waals surface area contributed by atoms with Crippen molar-refractivity contribution in [2.24, 2.45) is 5.92 Å². The number of ether oxygens (including phenoxy) is 2. The van der Waals surface area contributed by atoms with Crippen molar-refractivity contribution in [1.82, 2.24) is 0 Å². The Morgan fingerprint density at radius 1 is 1.25 bits per heavy atom. The Hall–Kier alpha value is -0.0800. The van der Waals surface area contributed by atoms with Crippen LogP contribution >= 0.6 is 0 Å². The lowest BCUT2D eigenvalue weighted by Gasteiger charge is -2.34. The van der Waals surface area contributed by atoms with E-state index >= 15 is 0 Å². The van der Waals surface area contributed by atoms with Gasteiger partial charge in [-0.25, -0.2) is 0 Å². The van der Waals surface area contributed by atoms with E-state index in [-0.39, 0.29) is 0 Å². The third-order valence-electron chi connectivity index (χ3n) is 2.83. The summed E-state index contributed by atoms with van der Waals surface area (Å²) in [6, 6.07) is 0. The lowest BCUT2D eigenvalue weighted by atomic mass is 9.85. The fourth-order valence-electron chi connectivity index (χ4n) is 2.07. The molecular formula is C10H20O2. The van der Waals surface area contributed by atoms with Gasteiger partial charge in [0.05, 0.1) is 12.2 Å². The van der Waals surface area contributed by atoms with Gasteiger partial charge in [0, 0.05) is 19.6 Å². The Morgan fingerprint density at radius 2 is 1.92 bits per heavy atom. The highest BCUT2D eigenvalue weighted by Crippen LogP contribution is 2.28. The fraction of sp³-hybridized carbons (Fsp3) is 1.00. The first kappa shape index (κ1) is 10.0. The van der Waals surface area contributed by atoms with Crippen LogP contribution in [0.15, 0.2) is 0 Å². The lowest BCUT2D eigenvalue weighted by Crippen LogP contribution is -2.37. The first-order valence-electron chi connectivity index (χ1n) is 4.94. The molecule has 0 amide bonds. The molecule has 1 aliphatic carbocycles. The van der Waals surface area contributed by atoms with Gasteiger partial charge in [0.2, 0.25) is 0 Å². The van der Waals surface area contributed by atoms with Crippen LogP contribution in [0.2, 0.25) is 0 Å². The number of hydrogen-bond acceptors (Lipinski definition) is 2. The molecule has 1 saturated carbocycles. The minimum atomic E-state index is 0.412. The molecule has 0 radical (unpaired) electrons. The van der Waals surface area contributed by atoms with Gasteiger partial charge in [0.1, 0.15) is 0 Å². The molecule has 0 aromatic carbocycles. The van der Waals surface area contributed by atoms with Crippen molar-refractivity contribution in [2.45, 2.75) is 45.3 Å². The van der Waals surface area contributed by atoms with Crippen molar-refractivity contribution in [3.8, 4) is 0 Å². The van der Waals surface area contributed by atoms with Gasteiger partial charge in [-0.15, -0.1) is 0 Å². The molecule has 0 spiro atoms. The van der Waals surface area contributed by atoms with Gasteiger partial charge in [-0.05, 0) is 26.2 Å². The highest BCUT2D eigenvalue weighted by atomic mass is 16.5. The normalized spacial score (nSPS) is 36.8. The Labute approximate surface area is 75.2 Å². The van der Waals surface area contributed by atoms with E-state index < -0.39 is 0 Å². The van der Waals surface area contributed by atoms with Gasteiger partial charge in [0.25, 0.3) is 0 Å². The quantitative estimate of drug-likeness (QED) is 0.650. The summed E-state index contributed by atoms with van der Waals surface area (Å²) in [7, 11) is 1.80. The minimum absolute atomic E-state index is 0.412. The molecule has 0 heterocycles. The molecule has 12 heavy (non-hydrogen) atoms. The standard InChI is InChI=1S/C10H20O2/c1-4-12-10-7-5-6-9(11-3)8(10)2/h8-10H,4-7H2,1-3H3/t8-,9+,10+/m0/s1. The van der Waals surface area contributed by atoms with Crippen LogP contribution in [0, 0.1) is 5.92 Å². The molecule has 0 unspecified atom stereocenters. The molecule has 0 aromatic rings. The van der Waals surface area contributed by atoms with Crippen molar-refractivity contribution >= 4 is 0 Å². The van der Waals surface area contributed by atoms with Gasteiger partial charge in [-0.2, -0.15) is 0 Å². The molecular weight excluding hydrogens is 152 g/mol. The van der Waals surface area contributed by atoms with Crippen LogP contribution in [0.25, 0.3) is 0 Å². The predicted molar refractivity (Wildman–Crippen MR) is 49.2 cm³/mol. The molecule has 3 atom stereocenters. The summed E-state index contributed by atoms with van der Waals surface area (Å²) in [5.41, 5.74) is 0. The molecule has 2 heteroatoms. The second-order valence-corrected chi connectivity index (χ2v) is 3.56. The van der Waals surface area contributed by atoms with E-state index in [1.807, 2.05) is 0 Å². The van der Waals surface area contributed by atoms with Crippen LogP contribution in [0.1, 0.15) is 33.1 Å². The Kier molecular flexibility index (Phi) is 4.02. The van der Waals surface area contributed by atoms with Crippen LogP contribution in [0.4, 0.5) is 0 Å². The fourth-order valence-corrected chi connectivity index (χ4v) is 2.07. The molecule has 1 fully saturated rings. The van der Waals surface area contributed by atoms with Crippen molar-refractivity contribution in [3.05, 3.63) is 0 Å². The highest BCUT2D eigenvalue weighted by molar-refractivity contribution is 4.80. The maximum Gasteiger partial charge on any atom is 0.0625 e. The van der Waals surface area contributed by atoms with E-state index in [1.165, 1.54) is 19.3 Å². The zero-order valence-electron chi connectivity index (χ0n) is 8.38. The maximum absolute atomic E-state index is 5.65. The molecule has 2 nitrogen and oxygen atoms in total. The first-order chi connectivity index (χ1) is 5.79. The summed E-state index contributed by atoms with van der Waals surface area (Å²) >= 11 is 0. The summed E-state index contributed by atoms with van der Waals surface area (Å²) in [6.45, 7) is 5.11. The SMILES string of the molecule is CCO[C@@H]1CCC[C@@H](OC)[C@@H]1C. The van der Waals surface area contributed by atoms with Crippen molar-refractivity contribution in [3.63, 3.8) is 0 Å². The molecule has 72 valence electrons. The molecule has 0 aromatic heterocycles. The van der Waals surface area contributed by atoms with Gasteiger partial charge in [-0.1, -0.05) is 6.92 Å². The summed E-state index contributed by atoms with van der Waals surface area (Å²) in [4.78, 5) is 0. The third kappa shape index (κ3) is 2.20. The largest absolute Gasteiger partial charge is 0.381 e. The van der Waals surface area contributed by atoms with Gasteiger partial charge >= 0.3 is 0 Å². The summed E-state index contributed by atoms with van der Waals surface area (Å²) in [5, 5.41) is 0. The van der Waals surface area contributed by atoms with Crippen LogP contribution in [-0.4, -0.2) is 25.9 Å². The van der Waals surface area contributed by atoms with Crippen molar-refractivity contribution in [2.75, 3.05) is 13.7 Å². The molecule has 0 bridgehead atoms. The average Bonchev–Trinajstić information content (AvgIpc) is 2.09. The van der Waals surface area contributed by atoms with E-state index in [1.54, 1.807) is 7.11 Å². The van der Waals surface area contributed by atoms with Crippen LogP contribution < -0.4 is 0 Å². The van der Waals surface area contributed by atoms with Gasteiger partial charge in [-0.3, -0.25) is 0 Å². The van der Waals surface area contributed by atoms with Crippen LogP contribution in [0.3, 0.4) is 0 Å². The summed E-state index contributed by atoms with van der Waals surface area (Å²) in [6.07, 6.45) is 4.48. The average molecular weight is 172 g/mol. The zero-order valence-corrected chi connectivity index (χ0v) is 8.38. The minimum Gasteiger partial charge on any atom is -0.381 e. The highest BCUT2D eigenvalue weighted by Gasteiger charge is 2.29. The lowest BCUT2D eigenvalue weighted by molar-refractivity contribution is -0.0688. The second-order valence-electron chi connectivity index (χ2n) is 3.56. The van der Waals surface area contributed by atoms with Crippen LogP contribution in [-0.2, 0) is 9.47 Å². The molecule has 0 N–H and O–H groups in total. The van der Waals surface area contributed by atoms with E-state index in [2.05, 4.69) is 13.8 Å². The predicted octanol–water partition coefficient (Wildman–Crippen LogP) is 2.23. The Bertz CT molecular complexity index is 123. The molecule has 0 aliphatic heterocycles. The van der Waals surface area contributed by atoms with Gasteiger partial charge < -0.3 is 9.47 Å². The van der Waals surface area contributed by atoms with Crippen molar-refractivity contribution < 1.29 is 9.47 Å². The van der Waals surface area contributed by atoms with Gasteiger partial charge in [0.15, 0.2) is 0 Å². The van der Waals surface area contributed by atoms with E-state index in [0.29, 0.717) is 18.1 Å². The molecule has 1 rings (SSSR count). The zero-order chi connectivity index (χ0) is 8.97. The Balaban J connectivity index is 2.41. The number of rotatable bonds is 3. The topological polar surface area (TPSA) is 18.5 Å². The molecule has 0 saturated heterocycles. The Morgan fingerprint density at radius 3 is 2.50 bits per heavy atom. The monoisotopic (exact) mass is 172 g/mol. The first-order valence-corrected chi connectivity index (χ1v) is 4.94. The summed E-state index contributed by atoms with van der Waals surface area (Å²) < 4.78 is 11.0. The second kappa shape index (κ2) is 4.83. The third-order valence-corrected chi connectivity index (χ3v) is 2.83. The van der Waals surface area contributed by atoms with E-state index in [9.17, 15) is 0 Å². The van der Waals surface area contributed by atoms with E-state index in [0.717, 1.165) is 6.61 Å². The maximum atomic E-state index is 5.65. The van der Waals surface area contributed by atoms with E-state index in [4.69, 9.17) is 9.47 Å². The smallest absolute Gasteiger partial charge is 0.0625 e. The van der Waals surface area contributed by atoms with Crippen LogP contribution in [0.5, 0.6) is 0 Å². The number of hydrogen-bond donors (Lipinski definition) is 0. The number of methoxy groups -OCH3 is 1.